The summed E-state index contributed by atoms with van der Waals surface area (Å²) < 4.78 is 5.16. The number of halogens is 1. The molecule has 1 aromatic heterocycles. The van der Waals surface area contributed by atoms with Crippen LogP contribution in [0.3, 0.4) is 0 Å². The average Bonchev–Trinajstić information content (AvgIpc) is 2.71. The Hall–Kier alpha value is -2.34. The molecule has 0 saturated heterocycles. The van der Waals surface area contributed by atoms with Crippen molar-refractivity contribution >= 4 is 40.1 Å². The van der Waals surface area contributed by atoms with E-state index in [1.807, 2.05) is 4.90 Å². The zero-order valence-corrected chi connectivity index (χ0v) is 18.2. The molecule has 1 aromatic carbocycles. The summed E-state index contributed by atoms with van der Waals surface area (Å²) in [5, 5.41) is 4.38. The molecule has 1 amide bonds. The van der Waals surface area contributed by atoms with Crippen LogP contribution in [0.4, 0.5) is 5.69 Å². The number of hydrogen-bond donors (Lipinski definition) is 1. The molecule has 0 saturated carbocycles. The first-order chi connectivity index (χ1) is 14.0. The molecule has 0 bridgehead atoms. The molecule has 0 fully saturated rings. The number of carbonyl (C=O) groups is 2. The lowest BCUT2D eigenvalue weighted by Gasteiger charge is -2.23. The molecule has 29 heavy (non-hydrogen) atoms. The molecule has 158 valence electrons. The minimum atomic E-state index is -0.481. The maximum Gasteiger partial charge on any atom is 0.341 e. The molecule has 7 heteroatoms. The fourth-order valence-corrected chi connectivity index (χ4v) is 3.23. The number of amides is 1. The van der Waals surface area contributed by atoms with Crippen LogP contribution in [0.5, 0.6) is 0 Å². The number of pyridine rings is 1. The van der Waals surface area contributed by atoms with E-state index < -0.39 is 5.97 Å². The van der Waals surface area contributed by atoms with Gasteiger partial charge in [0.25, 0.3) is 0 Å². The summed E-state index contributed by atoms with van der Waals surface area (Å²) in [4.78, 5) is 31.5. The Morgan fingerprint density at radius 1 is 1.14 bits per heavy atom. The standard InChI is InChI=1S/C22H30ClN3O3/c1-4-7-11-26(12-8-5-2)20(27)15-25-21-17-13-16(23)9-10-19(17)24-14-18(21)22(28)29-6-3/h9-10,13-14H,4-8,11-12,15H2,1-3H3,(H,24,25). The summed E-state index contributed by atoms with van der Waals surface area (Å²) in [7, 11) is 0. The molecule has 0 atom stereocenters. The molecule has 2 aromatic rings. The average molecular weight is 420 g/mol. The van der Waals surface area contributed by atoms with Crippen LogP contribution < -0.4 is 5.32 Å². The Labute approximate surface area is 177 Å². The molecule has 6 nitrogen and oxygen atoms in total. The van der Waals surface area contributed by atoms with E-state index in [2.05, 4.69) is 24.1 Å². The Kier molecular flexibility index (Phi) is 9.19. The van der Waals surface area contributed by atoms with Crippen molar-refractivity contribution in [3.8, 4) is 0 Å². The van der Waals surface area contributed by atoms with Gasteiger partial charge >= 0.3 is 5.97 Å². The summed E-state index contributed by atoms with van der Waals surface area (Å²) in [6.07, 6.45) is 5.48. The van der Waals surface area contributed by atoms with Gasteiger partial charge in [-0.25, -0.2) is 4.79 Å². The summed E-state index contributed by atoms with van der Waals surface area (Å²) >= 11 is 6.16. The van der Waals surface area contributed by atoms with Crippen LogP contribution >= 0.6 is 11.6 Å². The number of hydrogen-bond acceptors (Lipinski definition) is 5. The smallest absolute Gasteiger partial charge is 0.341 e. The number of anilines is 1. The minimum absolute atomic E-state index is 0.00805. The van der Waals surface area contributed by atoms with E-state index in [0.29, 0.717) is 27.2 Å². The van der Waals surface area contributed by atoms with Gasteiger partial charge in [0.05, 0.1) is 24.4 Å². The summed E-state index contributed by atoms with van der Waals surface area (Å²) in [6, 6.07) is 5.27. The number of nitrogens with zero attached hydrogens (tertiary/aromatic N) is 2. The van der Waals surface area contributed by atoms with Gasteiger partial charge in [0.2, 0.25) is 5.91 Å². The number of benzene rings is 1. The molecule has 0 aliphatic heterocycles. The van der Waals surface area contributed by atoms with Crippen LogP contribution in [0.2, 0.25) is 5.02 Å². The lowest BCUT2D eigenvalue weighted by atomic mass is 10.1. The molecule has 0 unspecified atom stereocenters. The van der Waals surface area contributed by atoms with Crippen molar-refractivity contribution in [1.29, 1.82) is 0 Å². The van der Waals surface area contributed by atoms with Crippen molar-refractivity contribution in [2.75, 3.05) is 31.6 Å². The van der Waals surface area contributed by atoms with Gasteiger partial charge in [-0.2, -0.15) is 0 Å². The highest BCUT2D eigenvalue weighted by molar-refractivity contribution is 6.31. The fraction of sp³-hybridized carbons (Fsp3) is 0.500. The van der Waals surface area contributed by atoms with Crippen molar-refractivity contribution in [2.45, 2.75) is 46.5 Å². The van der Waals surface area contributed by atoms with Crippen LogP contribution in [0.1, 0.15) is 56.8 Å². The van der Waals surface area contributed by atoms with Crippen LogP contribution in [-0.2, 0) is 9.53 Å². The lowest BCUT2D eigenvalue weighted by Crippen LogP contribution is -2.37. The topological polar surface area (TPSA) is 71.5 Å². The molecule has 1 N–H and O–H groups in total. The van der Waals surface area contributed by atoms with Crippen LogP contribution in [-0.4, -0.2) is 48.0 Å². The van der Waals surface area contributed by atoms with E-state index in [-0.39, 0.29) is 19.1 Å². The number of esters is 1. The van der Waals surface area contributed by atoms with Gasteiger partial charge in [-0.3, -0.25) is 9.78 Å². The number of carbonyl (C=O) groups excluding carboxylic acids is 2. The second-order valence-corrected chi connectivity index (χ2v) is 7.31. The number of aromatic nitrogens is 1. The minimum Gasteiger partial charge on any atom is -0.462 e. The van der Waals surface area contributed by atoms with Crippen molar-refractivity contribution in [2.24, 2.45) is 0 Å². The second kappa shape index (κ2) is 11.6. The van der Waals surface area contributed by atoms with Crippen LogP contribution in [0.15, 0.2) is 24.4 Å². The number of ether oxygens (including phenoxy) is 1. The second-order valence-electron chi connectivity index (χ2n) is 6.87. The maximum absolute atomic E-state index is 12.8. The molecule has 0 spiro atoms. The number of unbranched alkanes of at least 4 members (excludes halogenated alkanes) is 2. The largest absolute Gasteiger partial charge is 0.462 e. The first-order valence-electron chi connectivity index (χ1n) is 10.3. The first-order valence-corrected chi connectivity index (χ1v) is 10.7. The zero-order chi connectivity index (χ0) is 21.2. The highest BCUT2D eigenvalue weighted by atomic mass is 35.5. The van der Waals surface area contributed by atoms with E-state index in [1.165, 1.54) is 6.20 Å². The number of nitrogens with one attached hydrogen (secondary N) is 1. The van der Waals surface area contributed by atoms with Gasteiger partial charge in [0.1, 0.15) is 5.56 Å². The third-order valence-electron chi connectivity index (χ3n) is 4.66. The van der Waals surface area contributed by atoms with Gasteiger partial charge in [-0.05, 0) is 38.0 Å². The molecule has 0 radical (unpaired) electrons. The molecule has 1 heterocycles. The summed E-state index contributed by atoms with van der Waals surface area (Å²) in [6.45, 7) is 7.80. The Morgan fingerprint density at radius 3 is 2.45 bits per heavy atom. The lowest BCUT2D eigenvalue weighted by molar-refractivity contribution is -0.129. The third-order valence-corrected chi connectivity index (χ3v) is 4.89. The van der Waals surface area contributed by atoms with Gasteiger partial charge in [0.15, 0.2) is 0 Å². The van der Waals surface area contributed by atoms with Gasteiger partial charge in [-0.15, -0.1) is 0 Å². The Bertz CT molecular complexity index is 833. The maximum atomic E-state index is 12.8. The predicted molar refractivity (Wildman–Crippen MR) is 118 cm³/mol. The highest BCUT2D eigenvalue weighted by Gasteiger charge is 2.19. The highest BCUT2D eigenvalue weighted by Crippen LogP contribution is 2.29. The monoisotopic (exact) mass is 419 g/mol. The van der Waals surface area contributed by atoms with E-state index in [1.54, 1.807) is 25.1 Å². The molecular weight excluding hydrogens is 390 g/mol. The van der Waals surface area contributed by atoms with Crippen molar-refractivity contribution in [1.82, 2.24) is 9.88 Å². The first kappa shape index (κ1) is 22.9. The van der Waals surface area contributed by atoms with Gasteiger partial charge < -0.3 is 15.0 Å². The van der Waals surface area contributed by atoms with Gasteiger partial charge in [0, 0.05) is 29.7 Å². The summed E-state index contributed by atoms with van der Waals surface area (Å²) in [5.74, 6) is -0.473. The molecule has 0 aliphatic carbocycles. The molecule has 0 aliphatic rings. The van der Waals surface area contributed by atoms with Crippen molar-refractivity contribution in [3.63, 3.8) is 0 Å². The Balaban J connectivity index is 2.30. The normalized spacial score (nSPS) is 10.8. The number of fused-ring (bicyclic) bond motifs is 1. The molecule has 2 rings (SSSR count). The van der Waals surface area contributed by atoms with Crippen molar-refractivity contribution < 1.29 is 14.3 Å². The summed E-state index contributed by atoms with van der Waals surface area (Å²) in [5.41, 5.74) is 1.50. The quantitative estimate of drug-likeness (QED) is 0.524. The molecular formula is C22H30ClN3O3. The Morgan fingerprint density at radius 2 is 1.83 bits per heavy atom. The van der Waals surface area contributed by atoms with E-state index in [0.717, 1.165) is 38.8 Å². The van der Waals surface area contributed by atoms with E-state index in [4.69, 9.17) is 16.3 Å². The van der Waals surface area contributed by atoms with Crippen molar-refractivity contribution in [3.05, 3.63) is 35.0 Å². The fourth-order valence-electron chi connectivity index (χ4n) is 3.05. The van der Waals surface area contributed by atoms with Crippen LogP contribution in [0, 0.1) is 0 Å². The SMILES string of the molecule is CCCCN(CCCC)C(=O)CNc1c(C(=O)OCC)cnc2ccc(Cl)cc12. The number of rotatable bonds is 11. The van der Waals surface area contributed by atoms with E-state index >= 15 is 0 Å². The van der Waals surface area contributed by atoms with Crippen LogP contribution in [0.25, 0.3) is 10.9 Å². The van der Waals surface area contributed by atoms with Gasteiger partial charge in [-0.1, -0.05) is 38.3 Å². The third kappa shape index (κ3) is 6.32. The zero-order valence-electron chi connectivity index (χ0n) is 17.5. The van der Waals surface area contributed by atoms with E-state index in [9.17, 15) is 9.59 Å². The predicted octanol–water partition coefficient (Wildman–Crippen LogP) is 4.91.